The second-order valence-electron chi connectivity index (χ2n) is 10.9. The van der Waals surface area contributed by atoms with Crippen molar-refractivity contribution in [3.8, 4) is 0 Å². The Balaban J connectivity index is 2.20. The summed E-state index contributed by atoms with van der Waals surface area (Å²) in [5.74, 6) is -0.0857. The first kappa shape index (κ1) is 27.8. The molecule has 10 nitrogen and oxygen atoms in total. The molecule has 192 valence electrons. The Labute approximate surface area is 201 Å². The van der Waals surface area contributed by atoms with Gasteiger partial charge in [0.2, 0.25) is 17.7 Å². The smallest absolute Gasteiger partial charge is 0.408 e. The monoisotopic (exact) mass is 480 g/mol. The average Bonchev–Trinajstić information content (AvgIpc) is 3.19. The van der Waals surface area contributed by atoms with Crippen molar-refractivity contribution < 1.29 is 28.3 Å². The highest BCUT2D eigenvalue weighted by Gasteiger charge is 2.31. The first-order valence-electron chi connectivity index (χ1n) is 12.0. The Morgan fingerprint density at radius 2 is 1.53 bits per heavy atom. The normalized spacial score (nSPS) is 17.0. The van der Waals surface area contributed by atoms with Crippen LogP contribution in [0.15, 0.2) is 4.42 Å². The molecule has 0 saturated heterocycles. The molecule has 0 aromatic carbocycles. The van der Waals surface area contributed by atoms with Gasteiger partial charge in [0.05, 0.1) is 12.2 Å². The summed E-state index contributed by atoms with van der Waals surface area (Å²) in [6.07, 6.45) is 4.22. The summed E-state index contributed by atoms with van der Waals surface area (Å²) in [5.41, 5.74) is -1.16. The molecule has 0 radical (unpaired) electrons. The van der Waals surface area contributed by atoms with E-state index < -0.39 is 29.4 Å². The van der Waals surface area contributed by atoms with Crippen molar-refractivity contribution in [3.05, 3.63) is 11.8 Å². The van der Waals surface area contributed by atoms with Crippen LogP contribution in [-0.2, 0) is 19.1 Å². The van der Waals surface area contributed by atoms with Gasteiger partial charge in [0, 0.05) is 12.3 Å². The molecule has 1 aromatic heterocycles. The molecule has 0 unspecified atom stereocenters. The van der Waals surface area contributed by atoms with Crippen LogP contribution in [0.5, 0.6) is 0 Å². The quantitative estimate of drug-likeness (QED) is 0.538. The molecular weight excluding hydrogens is 440 g/mol. The van der Waals surface area contributed by atoms with Gasteiger partial charge < -0.3 is 24.5 Å². The van der Waals surface area contributed by atoms with Crippen LogP contribution in [0, 0.1) is 5.92 Å². The standard InChI is InChI=1S/C24H40N4O6/c1-15(29)13-17(25-19(30)16-11-9-8-10-12-16)20-27-28-21(33-20)18(14-32-23(2,3)4)26-22(31)34-24(5,6)7/h16-18H,8-14H2,1-7H3,(H,25,30)(H,26,31)/t17-,18-/m0/s1. The van der Waals surface area contributed by atoms with Crippen LogP contribution >= 0.6 is 0 Å². The van der Waals surface area contributed by atoms with Crippen LogP contribution in [0.4, 0.5) is 4.79 Å². The molecule has 10 heteroatoms. The first-order chi connectivity index (χ1) is 15.7. The lowest BCUT2D eigenvalue weighted by Crippen LogP contribution is -2.38. The van der Waals surface area contributed by atoms with Crippen LogP contribution in [0.2, 0.25) is 0 Å². The minimum absolute atomic E-state index is 0.0305. The number of nitrogens with one attached hydrogen (secondary N) is 2. The van der Waals surface area contributed by atoms with Crippen molar-refractivity contribution in [2.45, 2.75) is 110 Å². The number of carbonyl (C=O) groups is 3. The van der Waals surface area contributed by atoms with Crippen LogP contribution in [0.25, 0.3) is 0 Å². The fourth-order valence-corrected chi connectivity index (χ4v) is 3.63. The number of ketones is 1. The van der Waals surface area contributed by atoms with Crippen molar-refractivity contribution >= 4 is 17.8 Å². The number of carbonyl (C=O) groups excluding carboxylic acids is 3. The summed E-state index contributed by atoms with van der Waals surface area (Å²) >= 11 is 0. The number of ether oxygens (including phenoxy) is 2. The average molecular weight is 481 g/mol. The molecule has 2 N–H and O–H groups in total. The van der Waals surface area contributed by atoms with Gasteiger partial charge in [0.25, 0.3) is 0 Å². The lowest BCUT2D eigenvalue weighted by molar-refractivity contribution is -0.127. The molecule has 1 heterocycles. The zero-order valence-corrected chi connectivity index (χ0v) is 21.5. The van der Waals surface area contributed by atoms with Crippen molar-refractivity contribution in [1.82, 2.24) is 20.8 Å². The minimum atomic E-state index is -0.776. The molecule has 1 aromatic rings. The summed E-state index contributed by atoms with van der Waals surface area (Å²) in [4.78, 5) is 37.1. The first-order valence-corrected chi connectivity index (χ1v) is 12.0. The van der Waals surface area contributed by atoms with E-state index in [0.717, 1.165) is 32.1 Å². The Bertz CT molecular complexity index is 833. The molecule has 2 amide bonds. The molecule has 0 bridgehead atoms. The van der Waals surface area contributed by atoms with Crippen LogP contribution in [-0.4, -0.2) is 45.8 Å². The Kier molecular flexibility index (Phi) is 9.61. The number of hydrogen-bond donors (Lipinski definition) is 2. The highest BCUT2D eigenvalue weighted by Crippen LogP contribution is 2.26. The lowest BCUT2D eigenvalue weighted by Gasteiger charge is -2.25. The van der Waals surface area contributed by atoms with Gasteiger partial charge in [-0.2, -0.15) is 0 Å². The highest BCUT2D eigenvalue weighted by molar-refractivity contribution is 5.81. The summed E-state index contributed by atoms with van der Waals surface area (Å²) in [7, 11) is 0. The zero-order valence-electron chi connectivity index (χ0n) is 21.5. The highest BCUT2D eigenvalue weighted by atomic mass is 16.6. The molecule has 0 spiro atoms. The van der Waals surface area contributed by atoms with Gasteiger partial charge in [0.1, 0.15) is 23.5 Å². The van der Waals surface area contributed by atoms with E-state index in [0.29, 0.717) is 0 Å². The topological polar surface area (TPSA) is 133 Å². The minimum Gasteiger partial charge on any atom is -0.444 e. The number of amides is 2. The molecular formula is C24H40N4O6. The second kappa shape index (κ2) is 11.8. The summed E-state index contributed by atoms with van der Waals surface area (Å²) < 4.78 is 17.0. The van der Waals surface area contributed by atoms with Gasteiger partial charge in [-0.05, 0) is 61.3 Å². The number of hydrogen-bond acceptors (Lipinski definition) is 8. The van der Waals surface area contributed by atoms with E-state index in [1.165, 1.54) is 6.92 Å². The van der Waals surface area contributed by atoms with Crippen molar-refractivity contribution in [2.24, 2.45) is 5.92 Å². The molecule has 1 saturated carbocycles. The van der Waals surface area contributed by atoms with E-state index in [2.05, 4.69) is 20.8 Å². The number of nitrogens with zero attached hydrogens (tertiary/aromatic N) is 2. The Morgan fingerprint density at radius 1 is 0.941 bits per heavy atom. The summed E-state index contributed by atoms with van der Waals surface area (Å²) in [5, 5.41) is 13.8. The maximum absolute atomic E-state index is 12.8. The summed E-state index contributed by atoms with van der Waals surface area (Å²) in [6.45, 7) is 12.5. The van der Waals surface area contributed by atoms with E-state index in [-0.39, 0.29) is 42.4 Å². The van der Waals surface area contributed by atoms with E-state index in [4.69, 9.17) is 13.9 Å². The van der Waals surface area contributed by atoms with Crippen LogP contribution < -0.4 is 10.6 Å². The molecule has 34 heavy (non-hydrogen) atoms. The summed E-state index contributed by atoms with van der Waals surface area (Å²) in [6, 6.07) is -1.51. The molecule has 2 atom stereocenters. The van der Waals surface area contributed by atoms with Crippen molar-refractivity contribution in [2.75, 3.05) is 6.61 Å². The Morgan fingerprint density at radius 3 is 2.06 bits per heavy atom. The fraction of sp³-hybridized carbons (Fsp3) is 0.792. The molecule has 2 rings (SSSR count). The third kappa shape index (κ3) is 9.79. The maximum Gasteiger partial charge on any atom is 0.408 e. The predicted octanol–water partition coefficient (Wildman–Crippen LogP) is 4.17. The van der Waals surface area contributed by atoms with E-state index in [1.54, 1.807) is 20.8 Å². The molecule has 1 aliphatic rings. The lowest BCUT2D eigenvalue weighted by atomic mass is 9.88. The second-order valence-corrected chi connectivity index (χ2v) is 10.9. The van der Waals surface area contributed by atoms with E-state index in [1.807, 2.05) is 20.8 Å². The van der Waals surface area contributed by atoms with E-state index >= 15 is 0 Å². The zero-order chi connectivity index (χ0) is 25.5. The maximum atomic E-state index is 12.8. The third-order valence-electron chi connectivity index (χ3n) is 5.21. The third-order valence-corrected chi connectivity index (χ3v) is 5.21. The van der Waals surface area contributed by atoms with E-state index in [9.17, 15) is 14.4 Å². The predicted molar refractivity (Wildman–Crippen MR) is 125 cm³/mol. The van der Waals surface area contributed by atoms with Gasteiger partial charge in [0.15, 0.2) is 0 Å². The number of rotatable bonds is 9. The van der Waals surface area contributed by atoms with Gasteiger partial charge >= 0.3 is 6.09 Å². The molecule has 0 aliphatic heterocycles. The largest absolute Gasteiger partial charge is 0.444 e. The van der Waals surface area contributed by atoms with Crippen molar-refractivity contribution in [1.29, 1.82) is 0 Å². The number of Topliss-reactive ketones (excluding diaryl/α,β-unsaturated/α-hetero) is 1. The van der Waals surface area contributed by atoms with Gasteiger partial charge in [-0.1, -0.05) is 19.3 Å². The molecule has 1 fully saturated rings. The van der Waals surface area contributed by atoms with Crippen molar-refractivity contribution in [3.63, 3.8) is 0 Å². The number of alkyl carbamates (subject to hydrolysis) is 1. The van der Waals surface area contributed by atoms with Crippen LogP contribution in [0.3, 0.4) is 0 Å². The Hall–Kier alpha value is -2.49. The van der Waals surface area contributed by atoms with Crippen LogP contribution in [0.1, 0.15) is 111 Å². The van der Waals surface area contributed by atoms with Gasteiger partial charge in [-0.15, -0.1) is 10.2 Å². The molecule has 1 aliphatic carbocycles. The van der Waals surface area contributed by atoms with Gasteiger partial charge in [-0.3, -0.25) is 9.59 Å². The fourth-order valence-electron chi connectivity index (χ4n) is 3.63. The number of aromatic nitrogens is 2. The SMILES string of the molecule is CC(=O)C[C@H](NC(=O)C1CCCCC1)c1nnc([C@H](COC(C)(C)C)NC(=O)OC(C)(C)C)o1. The van der Waals surface area contributed by atoms with Gasteiger partial charge in [-0.25, -0.2) is 4.79 Å².